The van der Waals surface area contributed by atoms with Gasteiger partial charge in [0, 0.05) is 13.1 Å². The first kappa shape index (κ1) is 13.7. The zero-order valence-corrected chi connectivity index (χ0v) is 12.0. The van der Waals surface area contributed by atoms with E-state index in [1.807, 2.05) is 30.3 Å². The van der Waals surface area contributed by atoms with Gasteiger partial charge in [0.1, 0.15) is 5.69 Å². The third-order valence-electron chi connectivity index (χ3n) is 3.94. The molecule has 0 unspecified atom stereocenters. The fourth-order valence-electron chi connectivity index (χ4n) is 2.77. The second-order valence-electron chi connectivity index (χ2n) is 5.40. The number of nitrogens with zero attached hydrogens (tertiary/aromatic N) is 3. The summed E-state index contributed by atoms with van der Waals surface area (Å²) < 4.78 is 1.36. The van der Waals surface area contributed by atoms with Crippen molar-refractivity contribution in [2.24, 2.45) is 0 Å². The third-order valence-corrected chi connectivity index (χ3v) is 3.94. The van der Waals surface area contributed by atoms with Crippen LogP contribution in [0.1, 0.15) is 25.7 Å². The fraction of sp³-hybridized carbons (Fsp3) is 0.375. The van der Waals surface area contributed by atoms with Gasteiger partial charge < -0.3 is 10.6 Å². The number of benzene rings is 1. The average molecular weight is 284 g/mol. The van der Waals surface area contributed by atoms with E-state index in [9.17, 15) is 4.79 Å². The third kappa shape index (κ3) is 2.77. The number of para-hydroxylation sites is 1. The lowest BCUT2D eigenvalue weighted by Gasteiger charge is -2.23. The van der Waals surface area contributed by atoms with E-state index in [2.05, 4.69) is 10.00 Å². The lowest BCUT2D eigenvalue weighted by Crippen LogP contribution is -2.31. The number of nitrogen functional groups attached to an aromatic ring is 1. The maximum absolute atomic E-state index is 12.5. The van der Waals surface area contributed by atoms with Crippen LogP contribution < -0.4 is 16.2 Å². The molecule has 1 saturated heterocycles. The van der Waals surface area contributed by atoms with E-state index >= 15 is 0 Å². The lowest BCUT2D eigenvalue weighted by molar-refractivity contribution is 0.726. The Hall–Kier alpha value is -2.30. The summed E-state index contributed by atoms with van der Waals surface area (Å²) in [7, 11) is 0. The van der Waals surface area contributed by atoms with Gasteiger partial charge in [0.25, 0.3) is 5.56 Å². The van der Waals surface area contributed by atoms with Crippen LogP contribution in [0.5, 0.6) is 0 Å². The molecular weight excluding hydrogens is 264 g/mol. The first-order valence-corrected chi connectivity index (χ1v) is 7.45. The molecule has 2 aromatic rings. The summed E-state index contributed by atoms with van der Waals surface area (Å²) in [6.45, 7) is 1.89. The van der Waals surface area contributed by atoms with Crippen LogP contribution in [0, 0.1) is 0 Å². The van der Waals surface area contributed by atoms with Crippen molar-refractivity contribution in [2.75, 3.05) is 23.7 Å². The van der Waals surface area contributed by atoms with Crippen molar-refractivity contribution in [3.05, 3.63) is 46.9 Å². The smallest absolute Gasteiger partial charge is 0.296 e. The van der Waals surface area contributed by atoms with Gasteiger partial charge in [0.05, 0.1) is 17.6 Å². The Morgan fingerprint density at radius 2 is 1.67 bits per heavy atom. The molecule has 5 heteroatoms. The maximum atomic E-state index is 12.5. The second-order valence-corrected chi connectivity index (χ2v) is 5.40. The van der Waals surface area contributed by atoms with Crippen LogP contribution in [0.4, 0.5) is 11.4 Å². The van der Waals surface area contributed by atoms with E-state index in [0.717, 1.165) is 37.3 Å². The van der Waals surface area contributed by atoms with Crippen molar-refractivity contribution in [1.29, 1.82) is 0 Å². The first-order chi connectivity index (χ1) is 10.3. The standard InChI is InChI=1S/C16H20N4O/c17-15-14(19-10-6-1-2-7-11-19)12-18-20(16(15)21)13-8-4-3-5-9-13/h3-5,8-9,12H,1-2,6-7,10-11,17H2. The van der Waals surface area contributed by atoms with Crippen molar-refractivity contribution in [3.63, 3.8) is 0 Å². The molecule has 1 aromatic heterocycles. The van der Waals surface area contributed by atoms with E-state index in [1.165, 1.54) is 17.5 Å². The highest BCUT2D eigenvalue weighted by Gasteiger charge is 2.16. The normalized spacial score (nSPS) is 15.7. The Kier molecular flexibility index (Phi) is 3.90. The molecule has 5 nitrogen and oxygen atoms in total. The van der Waals surface area contributed by atoms with Crippen molar-refractivity contribution < 1.29 is 0 Å². The minimum Gasteiger partial charge on any atom is -0.392 e. The van der Waals surface area contributed by atoms with Crippen LogP contribution in [0.25, 0.3) is 5.69 Å². The summed E-state index contributed by atoms with van der Waals surface area (Å²) in [4.78, 5) is 14.7. The highest BCUT2D eigenvalue weighted by molar-refractivity contribution is 5.65. The van der Waals surface area contributed by atoms with Gasteiger partial charge >= 0.3 is 0 Å². The molecule has 0 spiro atoms. The Bertz CT molecular complexity index is 658. The lowest BCUT2D eigenvalue weighted by atomic mass is 10.2. The van der Waals surface area contributed by atoms with Crippen molar-refractivity contribution >= 4 is 11.4 Å². The molecule has 0 saturated carbocycles. The number of rotatable bonds is 2. The molecule has 3 rings (SSSR count). The molecule has 21 heavy (non-hydrogen) atoms. The van der Waals surface area contributed by atoms with Crippen LogP contribution in [0.15, 0.2) is 41.3 Å². The maximum Gasteiger partial charge on any atom is 0.296 e. The number of nitrogens with two attached hydrogens (primary N) is 1. The van der Waals surface area contributed by atoms with Crippen LogP contribution in [-0.2, 0) is 0 Å². The second kappa shape index (κ2) is 5.99. The Labute approximate surface area is 124 Å². The highest BCUT2D eigenvalue weighted by Crippen LogP contribution is 2.22. The van der Waals surface area contributed by atoms with Gasteiger partial charge in [-0.1, -0.05) is 31.0 Å². The van der Waals surface area contributed by atoms with Crippen molar-refractivity contribution in [3.8, 4) is 5.69 Å². The van der Waals surface area contributed by atoms with Gasteiger partial charge in [0.15, 0.2) is 0 Å². The van der Waals surface area contributed by atoms with E-state index in [-0.39, 0.29) is 11.2 Å². The van der Waals surface area contributed by atoms with Crippen LogP contribution in [0.3, 0.4) is 0 Å². The summed E-state index contributed by atoms with van der Waals surface area (Å²) in [5, 5.41) is 4.30. The van der Waals surface area contributed by atoms with Crippen molar-refractivity contribution in [2.45, 2.75) is 25.7 Å². The Morgan fingerprint density at radius 3 is 2.33 bits per heavy atom. The zero-order valence-electron chi connectivity index (χ0n) is 12.0. The zero-order chi connectivity index (χ0) is 14.7. The quantitative estimate of drug-likeness (QED) is 0.918. The van der Waals surface area contributed by atoms with Gasteiger partial charge in [0.2, 0.25) is 0 Å². The molecule has 110 valence electrons. The molecule has 1 fully saturated rings. The number of anilines is 2. The Morgan fingerprint density at radius 1 is 1.00 bits per heavy atom. The summed E-state index contributed by atoms with van der Waals surface area (Å²) in [6.07, 6.45) is 6.48. The van der Waals surface area contributed by atoms with Gasteiger partial charge in [-0.2, -0.15) is 9.78 Å². The summed E-state index contributed by atoms with van der Waals surface area (Å²) in [5.41, 5.74) is 7.63. The van der Waals surface area contributed by atoms with E-state index in [4.69, 9.17) is 5.73 Å². The van der Waals surface area contributed by atoms with Gasteiger partial charge in [-0.15, -0.1) is 0 Å². The Balaban J connectivity index is 1.98. The van der Waals surface area contributed by atoms with E-state index < -0.39 is 0 Å². The largest absolute Gasteiger partial charge is 0.392 e. The highest BCUT2D eigenvalue weighted by atomic mass is 16.1. The predicted octanol–water partition coefficient (Wildman–Crippen LogP) is 2.20. The van der Waals surface area contributed by atoms with Crippen LogP contribution >= 0.6 is 0 Å². The molecule has 2 N–H and O–H groups in total. The first-order valence-electron chi connectivity index (χ1n) is 7.45. The minimum absolute atomic E-state index is 0.247. The van der Waals surface area contributed by atoms with Gasteiger partial charge in [-0.3, -0.25) is 4.79 Å². The van der Waals surface area contributed by atoms with Crippen molar-refractivity contribution in [1.82, 2.24) is 9.78 Å². The molecule has 0 amide bonds. The fourth-order valence-corrected chi connectivity index (χ4v) is 2.77. The molecule has 1 aromatic carbocycles. The minimum atomic E-state index is -0.247. The van der Waals surface area contributed by atoms with E-state index in [1.54, 1.807) is 6.20 Å². The average Bonchev–Trinajstić information content (AvgIpc) is 2.80. The topological polar surface area (TPSA) is 64.2 Å². The molecule has 2 heterocycles. The molecule has 0 aliphatic carbocycles. The summed E-state index contributed by atoms with van der Waals surface area (Å²) in [6, 6.07) is 9.35. The van der Waals surface area contributed by atoms with Crippen LogP contribution in [-0.4, -0.2) is 22.9 Å². The predicted molar refractivity (Wildman–Crippen MR) is 84.9 cm³/mol. The molecule has 0 bridgehead atoms. The van der Waals surface area contributed by atoms with Gasteiger partial charge in [-0.05, 0) is 25.0 Å². The van der Waals surface area contributed by atoms with Crippen LogP contribution in [0.2, 0.25) is 0 Å². The molecule has 1 aliphatic heterocycles. The number of hydrogen-bond acceptors (Lipinski definition) is 4. The molecule has 1 aliphatic rings. The number of hydrogen-bond donors (Lipinski definition) is 1. The molecule has 0 atom stereocenters. The molecular formula is C16H20N4O. The summed E-state index contributed by atoms with van der Waals surface area (Å²) in [5.74, 6) is 0. The monoisotopic (exact) mass is 284 g/mol. The summed E-state index contributed by atoms with van der Waals surface area (Å²) >= 11 is 0. The SMILES string of the molecule is Nc1c(N2CCCCCC2)cnn(-c2ccccc2)c1=O. The number of aromatic nitrogens is 2. The molecule has 0 radical (unpaired) electrons. The van der Waals surface area contributed by atoms with Gasteiger partial charge in [-0.25, -0.2) is 0 Å². The van der Waals surface area contributed by atoms with E-state index in [0.29, 0.717) is 0 Å².